The van der Waals surface area contributed by atoms with Crippen LogP contribution in [-0.4, -0.2) is 54.2 Å². The average Bonchev–Trinajstić information content (AvgIpc) is 2.19. The average molecular weight is 425 g/mol. The lowest BCUT2D eigenvalue weighted by molar-refractivity contribution is 0.261. The number of hydrogen-bond acceptors (Lipinski definition) is 2. The molecule has 0 rings (SSSR count). The first-order valence-electron chi connectivity index (χ1n) is 9.94. The fraction of sp³-hybridized carbons (Fsp3) is 0.947. The van der Waals surface area contributed by atoms with Crippen molar-refractivity contribution in [1.82, 2.24) is 9.34 Å². The predicted octanol–water partition coefficient (Wildman–Crippen LogP) is 7.15. The fourth-order valence-electron chi connectivity index (χ4n) is 4.75. The summed E-state index contributed by atoms with van der Waals surface area (Å²) in [5.74, 6) is 0. The number of hydrogen-bond donors (Lipinski definition) is 0. The van der Waals surface area contributed by atoms with Gasteiger partial charge in [-0.1, -0.05) is 55.1 Å². The number of rotatable bonds is 8. The van der Waals surface area contributed by atoms with Crippen molar-refractivity contribution in [2.24, 2.45) is 0 Å². The third kappa shape index (κ3) is 5.96. The van der Waals surface area contributed by atoms with Crippen LogP contribution in [0.15, 0.2) is 0 Å². The van der Waals surface area contributed by atoms with Gasteiger partial charge >= 0.3 is 0 Å². The topological polar surface area (TPSA) is 6.48 Å². The van der Waals surface area contributed by atoms with Gasteiger partial charge in [-0.15, -0.1) is 0 Å². The van der Waals surface area contributed by atoms with Crippen LogP contribution in [0.5, 0.6) is 0 Å². The maximum Gasteiger partial charge on any atom is 0.0950 e. The van der Waals surface area contributed by atoms with Crippen molar-refractivity contribution in [3.05, 3.63) is 0 Å². The molecule has 25 heavy (non-hydrogen) atoms. The van der Waals surface area contributed by atoms with Crippen LogP contribution in [0, 0.1) is 0 Å². The van der Waals surface area contributed by atoms with Crippen LogP contribution < -0.4 is 0 Å². The van der Waals surface area contributed by atoms with Gasteiger partial charge in [0.2, 0.25) is 0 Å². The minimum atomic E-state index is -2.09. The molecule has 0 spiro atoms. The van der Waals surface area contributed by atoms with Gasteiger partial charge in [-0.25, -0.2) is 0 Å². The van der Waals surface area contributed by atoms with E-state index < -0.39 is 22.7 Å². The van der Waals surface area contributed by atoms with Gasteiger partial charge in [0.25, 0.3) is 0 Å². The highest BCUT2D eigenvalue weighted by atomic mass is 35.7. The normalized spacial score (nSPS) is 14.8. The van der Waals surface area contributed by atoms with Gasteiger partial charge in [0.05, 0.1) is 22.7 Å². The van der Waals surface area contributed by atoms with E-state index in [9.17, 15) is 0 Å². The fourth-order valence-corrected chi connectivity index (χ4v) is 31.8. The standard InChI is InChI=1S/C19H46ClN2PSi2/c1-15(2)21(16(3)4)23(20,22(17(5)6)18(7)8)19(24(9,10)11)25(12,13)14/h15-18H,1-14H3. The minimum Gasteiger partial charge on any atom is -0.256 e. The smallest absolute Gasteiger partial charge is 0.0950 e. The molecule has 2 nitrogen and oxygen atoms in total. The number of nitrogens with zero attached hydrogens (tertiary/aromatic N) is 2. The van der Waals surface area contributed by atoms with Crippen LogP contribution in [0.25, 0.3) is 0 Å². The summed E-state index contributed by atoms with van der Waals surface area (Å²) in [5, 5.41) is 0. The second-order valence-electron chi connectivity index (χ2n) is 10.5. The highest BCUT2D eigenvalue weighted by molar-refractivity contribution is 8.01. The van der Waals surface area contributed by atoms with E-state index in [0.717, 1.165) is 0 Å². The molecular weight excluding hydrogens is 379 g/mol. The van der Waals surface area contributed by atoms with Crippen LogP contribution in [0.2, 0.25) is 39.3 Å². The zero-order chi connectivity index (χ0) is 20.5. The second kappa shape index (κ2) is 8.96. The summed E-state index contributed by atoms with van der Waals surface area (Å²) in [7, 11) is -3.11. The van der Waals surface area contributed by atoms with E-state index in [1.165, 1.54) is 0 Å². The maximum atomic E-state index is 7.98. The SMILES string of the molecule is CC(C)N(C(C)C)P(Cl)(=C([Si](C)(C)C)[Si](C)(C)C)N(C(C)C)C(C)C. The largest absolute Gasteiger partial charge is 0.256 e. The van der Waals surface area contributed by atoms with Crippen LogP contribution in [-0.2, 0) is 0 Å². The summed E-state index contributed by atoms with van der Waals surface area (Å²) < 4.78 is 7.14. The van der Waals surface area contributed by atoms with E-state index in [1.54, 1.807) is 4.54 Å². The highest BCUT2D eigenvalue weighted by Gasteiger charge is 2.46. The Morgan fingerprint density at radius 2 is 0.800 bits per heavy atom. The molecule has 0 saturated heterocycles. The molecule has 0 fully saturated rings. The summed E-state index contributed by atoms with van der Waals surface area (Å²) in [6, 6.07) is 1.75. The Morgan fingerprint density at radius 1 is 0.600 bits per heavy atom. The lowest BCUT2D eigenvalue weighted by Crippen LogP contribution is -2.56. The lowest BCUT2D eigenvalue weighted by Gasteiger charge is -2.54. The molecule has 0 N–H and O–H groups in total. The Hall–Kier alpha value is 0.944. The molecule has 0 atom stereocenters. The van der Waals surface area contributed by atoms with Gasteiger partial charge in [0, 0.05) is 24.2 Å². The quantitative estimate of drug-likeness (QED) is 0.301. The summed E-state index contributed by atoms with van der Waals surface area (Å²) >= 11 is 7.98. The predicted molar refractivity (Wildman–Crippen MR) is 129 cm³/mol. The van der Waals surface area contributed by atoms with Crippen LogP contribution in [0.3, 0.4) is 0 Å². The molecule has 0 saturated carbocycles. The van der Waals surface area contributed by atoms with Crippen molar-refractivity contribution in [1.29, 1.82) is 0 Å². The third-order valence-corrected chi connectivity index (χ3v) is 23.7. The molecule has 0 aromatic rings. The molecule has 0 aliphatic carbocycles. The molecule has 152 valence electrons. The van der Waals surface area contributed by atoms with Crippen molar-refractivity contribution in [2.75, 3.05) is 0 Å². The zero-order valence-electron chi connectivity index (χ0n) is 19.5. The molecule has 0 amide bonds. The monoisotopic (exact) mass is 424 g/mol. The Balaban J connectivity index is 7.41. The van der Waals surface area contributed by atoms with Gasteiger partial charge in [0.1, 0.15) is 0 Å². The first-order chi connectivity index (χ1) is 10.9. The summed E-state index contributed by atoms with van der Waals surface area (Å²) in [5.41, 5.74) is 0. The Bertz CT molecular complexity index is 433. The Kier molecular flexibility index (Phi) is 9.30. The maximum absolute atomic E-state index is 7.98. The van der Waals surface area contributed by atoms with Gasteiger partial charge in [0.15, 0.2) is 0 Å². The van der Waals surface area contributed by atoms with Crippen molar-refractivity contribution >= 4 is 38.5 Å². The first-order valence-corrected chi connectivity index (χ1v) is 19.5. The van der Waals surface area contributed by atoms with Crippen molar-refractivity contribution in [3.8, 4) is 0 Å². The van der Waals surface area contributed by atoms with E-state index in [1.807, 2.05) is 0 Å². The summed E-state index contributed by atoms with van der Waals surface area (Å²) in [4.78, 5) is 0. The van der Waals surface area contributed by atoms with E-state index in [2.05, 4.69) is 104 Å². The van der Waals surface area contributed by atoms with Crippen LogP contribution >= 0.6 is 17.8 Å². The van der Waals surface area contributed by atoms with Gasteiger partial charge in [-0.3, -0.25) is 9.34 Å². The van der Waals surface area contributed by atoms with E-state index in [-0.39, 0.29) is 0 Å². The molecule has 0 aliphatic heterocycles. The van der Waals surface area contributed by atoms with Gasteiger partial charge < -0.3 is 0 Å². The van der Waals surface area contributed by atoms with Crippen LogP contribution in [0.4, 0.5) is 0 Å². The molecule has 0 heterocycles. The van der Waals surface area contributed by atoms with Gasteiger partial charge in [-0.2, -0.15) is 0 Å². The summed E-state index contributed by atoms with van der Waals surface area (Å²) in [6.45, 7) is 31.5. The van der Waals surface area contributed by atoms with Crippen molar-refractivity contribution in [3.63, 3.8) is 0 Å². The lowest BCUT2D eigenvalue weighted by atomic mass is 10.3. The van der Waals surface area contributed by atoms with E-state index >= 15 is 0 Å². The molecule has 0 aromatic heterocycles. The third-order valence-electron chi connectivity index (χ3n) is 4.43. The van der Waals surface area contributed by atoms with Crippen LogP contribution in [0.1, 0.15) is 55.4 Å². The molecule has 0 unspecified atom stereocenters. The van der Waals surface area contributed by atoms with E-state index in [0.29, 0.717) is 24.2 Å². The molecule has 0 aromatic carbocycles. The minimum absolute atomic E-state index is 0.438. The molecule has 6 heteroatoms. The molecule has 0 aliphatic rings. The Morgan fingerprint density at radius 3 is 0.920 bits per heavy atom. The van der Waals surface area contributed by atoms with Crippen molar-refractivity contribution < 1.29 is 0 Å². The molecule has 0 bridgehead atoms. The van der Waals surface area contributed by atoms with Gasteiger partial charge in [-0.05, 0) is 55.4 Å². The second-order valence-corrected chi connectivity index (χ2v) is 25.7. The van der Waals surface area contributed by atoms with Crippen molar-refractivity contribution in [2.45, 2.75) is 119 Å². The zero-order valence-corrected chi connectivity index (χ0v) is 23.2. The summed E-state index contributed by atoms with van der Waals surface area (Å²) in [6.07, 6.45) is 0. The Labute approximate surface area is 166 Å². The molecular formula is C19H46ClN2PSi2. The number of halogens is 1. The molecule has 0 radical (unpaired) electrons. The first kappa shape index (κ1) is 25.9. The highest BCUT2D eigenvalue weighted by Crippen LogP contribution is 2.66. The van der Waals surface area contributed by atoms with E-state index in [4.69, 9.17) is 11.2 Å².